The Labute approximate surface area is 129 Å². The molecule has 0 aromatic carbocycles. The molecule has 0 rings (SSSR count). The molecule has 0 fully saturated rings. The molecular formula is C20H26O. The number of allylic oxidation sites excluding steroid dienone is 14. The third-order valence-corrected chi connectivity index (χ3v) is 2.52. The van der Waals surface area contributed by atoms with Gasteiger partial charge in [0.05, 0.1) is 0 Å². The average molecular weight is 282 g/mol. The van der Waals surface area contributed by atoms with E-state index in [1.165, 1.54) is 11.1 Å². The third kappa shape index (κ3) is 12.6. The lowest BCUT2D eigenvalue weighted by molar-refractivity contribution is -0.104. The number of aldehydes is 1. The molecule has 0 saturated heterocycles. The molecule has 1 heteroatoms. The summed E-state index contributed by atoms with van der Waals surface area (Å²) in [5.74, 6) is 0. The van der Waals surface area contributed by atoms with E-state index in [1.807, 2.05) is 37.3 Å². The van der Waals surface area contributed by atoms with Crippen molar-refractivity contribution in [3.8, 4) is 0 Å². The molecule has 0 heterocycles. The van der Waals surface area contributed by atoms with E-state index in [0.717, 1.165) is 17.4 Å². The van der Waals surface area contributed by atoms with E-state index in [-0.39, 0.29) is 0 Å². The number of hydrogen-bond acceptors (Lipinski definition) is 1. The molecule has 0 aliphatic heterocycles. The molecule has 0 amide bonds. The quantitative estimate of drug-likeness (QED) is 0.334. The second-order valence-electron chi connectivity index (χ2n) is 5.20. The summed E-state index contributed by atoms with van der Waals surface area (Å²) in [6, 6.07) is 0. The lowest BCUT2D eigenvalue weighted by Crippen LogP contribution is -1.73. The molecule has 0 atom stereocenters. The zero-order valence-electron chi connectivity index (χ0n) is 13.8. The highest BCUT2D eigenvalue weighted by Crippen LogP contribution is 2.00. The van der Waals surface area contributed by atoms with Crippen LogP contribution in [0.25, 0.3) is 0 Å². The maximum Gasteiger partial charge on any atom is 0.145 e. The zero-order chi connectivity index (χ0) is 16.1. The zero-order valence-corrected chi connectivity index (χ0v) is 13.8. The van der Waals surface area contributed by atoms with Crippen LogP contribution < -0.4 is 0 Å². The van der Waals surface area contributed by atoms with Gasteiger partial charge < -0.3 is 0 Å². The minimum absolute atomic E-state index is 0.719. The molecule has 0 aliphatic rings. The molecule has 21 heavy (non-hydrogen) atoms. The Bertz CT molecular complexity index is 528. The average Bonchev–Trinajstić information content (AvgIpc) is 2.43. The summed E-state index contributed by atoms with van der Waals surface area (Å²) >= 11 is 0. The molecule has 0 spiro atoms. The fourth-order valence-corrected chi connectivity index (χ4v) is 1.31. The van der Waals surface area contributed by atoms with Crippen molar-refractivity contribution >= 4 is 6.29 Å². The van der Waals surface area contributed by atoms with Crippen molar-refractivity contribution in [3.63, 3.8) is 0 Å². The Morgan fingerprint density at radius 3 is 1.43 bits per heavy atom. The van der Waals surface area contributed by atoms with Crippen molar-refractivity contribution < 1.29 is 4.79 Å². The summed E-state index contributed by atoms with van der Waals surface area (Å²) in [6.07, 6.45) is 20.9. The van der Waals surface area contributed by atoms with Gasteiger partial charge in [0, 0.05) is 0 Å². The molecule has 112 valence electrons. The summed E-state index contributed by atoms with van der Waals surface area (Å²) in [4.78, 5) is 10.4. The molecule has 0 aliphatic carbocycles. The fourth-order valence-electron chi connectivity index (χ4n) is 1.31. The van der Waals surface area contributed by atoms with Crippen molar-refractivity contribution in [1.82, 2.24) is 0 Å². The minimum atomic E-state index is 0.719. The number of carbonyl (C=O) groups excluding carboxylic acids is 1. The Morgan fingerprint density at radius 1 is 0.571 bits per heavy atom. The van der Waals surface area contributed by atoms with E-state index >= 15 is 0 Å². The lowest BCUT2D eigenvalue weighted by Gasteiger charge is -1.89. The Morgan fingerprint density at radius 2 is 1.00 bits per heavy atom. The van der Waals surface area contributed by atoms with Crippen LogP contribution in [0.2, 0.25) is 0 Å². The number of rotatable bonds is 7. The first-order chi connectivity index (χ1) is 9.95. The second-order valence-corrected chi connectivity index (χ2v) is 5.20. The van der Waals surface area contributed by atoms with E-state index < -0.39 is 0 Å². The lowest BCUT2D eigenvalue weighted by atomic mass is 10.2. The van der Waals surface area contributed by atoms with Crippen LogP contribution in [0, 0.1) is 0 Å². The van der Waals surface area contributed by atoms with E-state index in [0.29, 0.717) is 0 Å². The van der Waals surface area contributed by atoms with Gasteiger partial charge in [-0.2, -0.15) is 0 Å². The van der Waals surface area contributed by atoms with Crippen LogP contribution in [0.4, 0.5) is 0 Å². The van der Waals surface area contributed by atoms with Gasteiger partial charge in [-0.1, -0.05) is 77.5 Å². The number of hydrogen-bond donors (Lipinski definition) is 0. The van der Waals surface area contributed by atoms with Crippen molar-refractivity contribution in [2.24, 2.45) is 0 Å². The summed E-state index contributed by atoms with van der Waals surface area (Å²) < 4.78 is 0. The standard InChI is InChI=1S/C20H26O/c1-17(2)10-8-13-18(3)11-6-7-12-19(4)14-9-15-20(5)16-21/h6-16H,1-5H3/b7-6+,13-8+,14-9+,18-11+,19-12+,20-15+. The molecule has 0 aromatic rings. The molecule has 0 bridgehead atoms. The Hall–Kier alpha value is -2.15. The first kappa shape index (κ1) is 18.9. The molecule has 0 aromatic heterocycles. The second kappa shape index (κ2) is 11.7. The Kier molecular flexibility index (Phi) is 10.5. The molecule has 0 unspecified atom stereocenters. The summed E-state index contributed by atoms with van der Waals surface area (Å²) in [5, 5.41) is 0. The van der Waals surface area contributed by atoms with Gasteiger partial charge in [-0.05, 0) is 40.2 Å². The van der Waals surface area contributed by atoms with Gasteiger partial charge in [-0.25, -0.2) is 0 Å². The maximum atomic E-state index is 10.4. The van der Waals surface area contributed by atoms with E-state index in [2.05, 4.69) is 45.1 Å². The van der Waals surface area contributed by atoms with E-state index in [4.69, 9.17) is 0 Å². The summed E-state index contributed by atoms with van der Waals surface area (Å²) in [6.45, 7) is 10.0. The van der Waals surface area contributed by atoms with Crippen LogP contribution in [-0.2, 0) is 4.79 Å². The van der Waals surface area contributed by atoms with Gasteiger partial charge in [-0.15, -0.1) is 0 Å². The van der Waals surface area contributed by atoms with E-state index in [1.54, 1.807) is 13.0 Å². The predicted octanol–water partition coefficient (Wildman–Crippen LogP) is 5.66. The third-order valence-electron chi connectivity index (χ3n) is 2.52. The van der Waals surface area contributed by atoms with Crippen molar-refractivity contribution in [2.75, 3.05) is 0 Å². The number of carbonyl (C=O) groups is 1. The van der Waals surface area contributed by atoms with Gasteiger partial charge in [0.1, 0.15) is 6.29 Å². The summed E-state index contributed by atoms with van der Waals surface area (Å²) in [5.41, 5.74) is 4.34. The van der Waals surface area contributed by atoms with Crippen LogP contribution in [-0.4, -0.2) is 6.29 Å². The van der Waals surface area contributed by atoms with Crippen LogP contribution in [0.5, 0.6) is 0 Å². The monoisotopic (exact) mass is 282 g/mol. The summed E-state index contributed by atoms with van der Waals surface area (Å²) in [7, 11) is 0. The highest BCUT2D eigenvalue weighted by Gasteiger charge is 1.81. The Balaban J connectivity index is 4.49. The van der Waals surface area contributed by atoms with Gasteiger partial charge in [-0.3, -0.25) is 4.79 Å². The van der Waals surface area contributed by atoms with Gasteiger partial charge >= 0.3 is 0 Å². The molecule has 1 nitrogen and oxygen atoms in total. The normalized spacial score (nSPS) is 14.4. The van der Waals surface area contributed by atoms with Crippen molar-refractivity contribution in [2.45, 2.75) is 34.6 Å². The van der Waals surface area contributed by atoms with Crippen molar-refractivity contribution in [3.05, 3.63) is 83.1 Å². The molecule has 0 radical (unpaired) electrons. The SMILES string of the molecule is CC(C)=C/C=C/C(C)=C/C=C/C=C(C)/C=C/C=C(\C)C=O. The topological polar surface area (TPSA) is 17.1 Å². The molecule has 0 N–H and O–H groups in total. The fraction of sp³-hybridized carbons (Fsp3) is 0.250. The van der Waals surface area contributed by atoms with Gasteiger partial charge in [0.25, 0.3) is 0 Å². The van der Waals surface area contributed by atoms with Crippen LogP contribution in [0.3, 0.4) is 0 Å². The maximum absolute atomic E-state index is 10.4. The first-order valence-electron chi connectivity index (χ1n) is 7.09. The van der Waals surface area contributed by atoms with Gasteiger partial charge in [0.2, 0.25) is 0 Å². The molecule has 0 saturated carbocycles. The van der Waals surface area contributed by atoms with Crippen molar-refractivity contribution in [1.29, 1.82) is 0 Å². The molecular weight excluding hydrogens is 256 g/mol. The smallest absolute Gasteiger partial charge is 0.145 e. The first-order valence-corrected chi connectivity index (χ1v) is 7.09. The predicted molar refractivity (Wildman–Crippen MR) is 94.2 cm³/mol. The van der Waals surface area contributed by atoms with Crippen LogP contribution in [0.1, 0.15) is 34.6 Å². The van der Waals surface area contributed by atoms with Crippen LogP contribution in [0.15, 0.2) is 83.1 Å². The largest absolute Gasteiger partial charge is 0.298 e. The highest BCUT2D eigenvalue weighted by molar-refractivity contribution is 5.72. The van der Waals surface area contributed by atoms with E-state index in [9.17, 15) is 4.79 Å². The minimum Gasteiger partial charge on any atom is -0.298 e. The van der Waals surface area contributed by atoms with Crippen LogP contribution >= 0.6 is 0 Å². The van der Waals surface area contributed by atoms with Gasteiger partial charge in [0.15, 0.2) is 0 Å². The highest BCUT2D eigenvalue weighted by atomic mass is 16.1.